The normalized spacial score (nSPS) is 16.4. The van der Waals surface area contributed by atoms with Crippen molar-refractivity contribution in [2.45, 2.75) is 45.7 Å². The predicted molar refractivity (Wildman–Crippen MR) is 78.0 cm³/mol. The van der Waals surface area contributed by atoms with E-state index in [1.54, 1.807) is 6.92 Å². The van der Waals surface area contributed by atoms with Crippen molar-refractivity contribution in [1.82, 2.24) is 10.6 Å². The topological polar surface area (TPSA) is 133 Å². The standard InChI is InChI=1S/C14H22N2O6/c1-8(14(4,13(21)22)16-10(3)18)6-5-7-11(12(19)20)15-9(2)17/h5-6,8,11H,7H2,1-4H3,(H,15,17)(H,16,18)(H,19,20)(H,21,22). The fraction of sp³-hybridized carbons (Fsp3) is 0.571. The second-order valence-electron chi connectivity index (χ2n) is 5.23. The number of carbonyl (C=O) groups excluding carboxylic acids is 2. The molecule has 8 heteroatoms. The molecular formula is C14H22N2O6. The van der Waals surface area contributed by atoms with Gasteiger partial charge in [0.1, 0.15) is 11.6 Å². The van der Waals surface area contributed by atoms with E-state index in [-0.39, 0.29) is 6.42 Å². The van der Waals surface area contributed by atoms with Crippen LogP contribution in [-0.2, 0) is 19.2 Å². The molecule has 22 heavy (non-hydrogen) atoms. The number of carboxylic acids is 2. The Morgan fingerprint density at radius 1 is 1.14 bits per heavy atom. The zero-order chi connectivity index (χ0) is 17.5. The molecule has 124 valence electrons. The van der Waals surface area contributed by atoms with E-state index in [2.05, 4.69) is 10.6 Å². The molecule has 0 aromatic rings. The summed E-state index contributed by atoms with van der Waals surface area (Å²) in [5, 5.41) is 22.9. The second kappa shape index (κ2) is 8.16. The number of rotatable bonds is 8. The van der Waals surface area contributed by atoms with Crippen LogP contribution in [0.2, 0.25) is 0 Å². The first-order valence-electron chi connectivity index (χ1n) is 6.69. The largest absolute Gasteiger partial charge is 0.480 e. The Labute approximate surface area is 128 Å². The molecule has 0 rings (SSSR count). The second-order valence-corrected chi connectivity index (χ2v) is 5.23. The molecule has 0 radical (unpaired) electrons. The lowest BCUT2D eigenvalue weighted by Gasteiger charge is -2.30. The van der Waals surface area contributed by atoms with Crippen LogP contribution in [0.15, 0.2) is 12.2 Å². The van der Waals surface area contributed by atoms with Gasteiger partial charge in [-0.2, -0.15) is 0 Å². The molecule has 0 spiro atoms. The van der Waals surface area contributed by atoms with Gasteiger partial charge in [0, 0.05) is 19.8 Å². The highest BCUT2D eigenvalue weighted by Crippen LogP contribution is 2.19. The number of hydrogen-bond donors (Lipinski definition) is 4. The zero-order valence-corrected chi connectivity index (χ0v) is 13.0. The lowest BCUT2D eigenvalue weighted by Crippen LogP contribution is -2.55. The molecule has 3 unspecified atom stereocenters. The molecule has 0 aromatic carbocycles. The van der Waals surface area contributed by atoms with E-state index in [4.69, 9.17) is 5.11 Å². The molecule has 0 aliphatic rings. The molecule has 0 aromatic heterocycles. The third-order valence-electron chi connectivity index (χ3n) is 3.26. The summed E-state index contributed by atoms with van der Waals surface area (Å²) in [7, 11) is 0. The summed E-state index contributed by atoms with van der Waals surface area (Å²) in [6.07, 6.45) is 2.99. The maximum Gasteiger partial charge on any atom is 0.329 e. The highest BCUT2D eigenvalue weighted by atomic mass is 16.4. The number of amides is 2. The van der Waals surface area contributed by atoms with Crippen LogP contribution in [0.3, 0.4) is 0 Å². The van der Waals surface area contributed by atoms with E-state index >= 15 is 0 Å². The molecule has 2 amide bonds. The van der Waals surface area contributed by atoms with E-state index in [0.717, 1.165) is 0 Å². The molecule has 0 aliphatic heterocycles. The Kier molecular flexibility index (Phi) is 7.28. The Hall–Kier alpha value is -2.38. The first-order valence-corrected chi connectivity index (χ1v) is 6.69. The Morgan fingerprint density at radius 2 is 1.68 bits per heavy atom. The SMILES string of the molecule is CC(=O)NC(CC=CC(C)C(C)(NC(C)=O)C(=O)O)C(=O)O. The van der Waals surface area contributed by atoms with E-state index in [1.807, 2.05) is 0 Å². The summed E-state index contributed by atoms with van der Waals surface area (Å²) >= 11 is 0. The van der Waals surface area contributed by atoms with Gasteiger partial charge in [-0.25, -0.2) is 9.59 Å². The van der Waals surface area contributed by atoms with Crippen LogP contribution >= 0.6 is 0 Å². The van der Waals surface area contributed by atoms with Crippen molar-refractivity contribution in [2.75, 3.05) is 0 Å². The fourth-order valence-corrected chi connectivity index (χ4v) is 1.81. The first kappa shape index (κ1) is 19.6. The van der Waals surface area contributed by atoms with Crippen molar-refractivity contribution in [1.29, 1.82) is 0 Å². The van der Waals surface area contributed by atoms with Gasteiger partial charge in [0.2, 0.25) is 11.8 Å². The van der Waals surface area contributed by atoms with Crippen molar-refractivity contribution in [3.05, 3.63) is 12.2 Å². The van der Waals surface area contributed by atoms with Crippen LogP contribution in [-0.4, -0.2) is 45.5 Å². The van der Waals surface area contributed by atoms with Gasteiger partial charge in [-0.15, -0.1) is 0 Å². The Balaban J connectivity index is 4.95. The summed E-state index contributed by atoms with van der Waals surface area (Å²) in [6, 6.07) is -1.09. The molecule has 4 N–H and O–H groups in total. The summed E-state index contributed by atoms with van der Waals surface area (Å²) in [4.78, 5) is 44.3. The summed E-state index contributed by atoms with van der Waals surface area (Å²) < 4.78 is 0. The molecule has 3 atom stereocenters. The van der Waals surface area contributed by atoms with Gasteiger partial charge in [0.15, 0.2) is 0 Å². The van der Waals surface area contributed by atoms with E-state index in [9.17, 15) is 24.3 Å². The minimum absolute atomic E-state index is 0.00895. The number of carboxylic acid groups (broad SMARTS) is 2. The van der Waals surface area contributed by atoms with Gasteiger partial charge < -0.3 is 20.8 Å². The number of nitrogens with one attached hydrogen (secondary N) is 2. The third-order valence-corrected chi connectivity index (χ3v) is 3.26. The fourth-order valence-electron chi connectivity index (χ4n) is 1.81. The summed E-state index contributed by atoms with van der Waals surface area (Å²) in [5.41, 5.74) is -1.50. The minimum Gasteiger partial charge on any atom is -0.480 e. The lowest BCUT2D eigenvalue weighted by molar-refractivity contribution is -0.148. The molecule has 0 heterocycles. The van der Waals surface area contributed by atoms with Gasteiger partial charge in [-0.1, -0.05) is 19.1 Å². The smallest absolute Gasteiger partial charge is 0.329 e. The average molecular weight is 314 g/mol. The monoisotopic (exact) mass is 314 g/mol. The molecule has 0 fully saturated rings. The quantitative estimate of drug-likeness (QED) is 0.471. The lowest BCUT2D eigenvalue weighted by atomic mass is 9.86. The molecule has 0 saturated carbocycles. The van der Waals surface area contributed by atoms with Crippen LogP contribution in [0.25, 0.3) is 0 Å². The van der Waals surface area contributed by atoms with E-state index < -0.39 is 41.3 Å². The maximum atomic E-state index is 11.3. The van der Waals surface area contributed by atoms with Crippen LogP contribution in [0.5, 0.6) is 0 Å². The molecule has 0 bridgehead atoms. The highest BCUT2D eigenvalue weighted by molar-refractivity contribution is 5.86. The average Bonchev–Trinajstić information content (AvgIpc) is 2.35. The molecule has 0 aliphatic carbocycles. The number of hydrogen-bond acceptors (Lipinski definition) is 4. The zero-order valence-electron chi connectivity index (χ0n) is 13.0. The predicted octanol–water partition coefficient (Wildman–Crippen LogP) is 0.138. The highest BCUT2D eigenvalue weighted by Gasteiger charge is 2.38. The van der Waals surface area contributed by atoms with Crippen molar-refractivity contribution in [2.24, 2.45) is 5.92 Å². The summed E-state index contributed by atoms with van der Waals surface area (Å²) in [5.74, 6) is -3.91. The van der Waals surface area contributed by atoms with Crippen LogP contribution in [0, 0.1) is 5.92 Å². The van der Waals surface area contributed by atoms with Gasteiger partial charge in [0.05, 0.1) is 0 Å². The van der Waals surface area contributed by atoms with Gasteiger partial charge in [-0.3, -0.25) is 9.59 Å². The number of aliphatic carboxylic acids is 2. The van der Waals surface area contributed by atoms with Crippen LogP contribution in [0.4, 0.5) is 0 Å². The maximum absolute atomic E-state index is 11.3. The van der Waals surface area contributed by atoms with Crippen molar-refractivity contribution < 1.29 is 29.4 Å². The van der Waals surface area contributed by atoms with Crippen molar-refractivity contribution in [3.63, 3.8) is 0 Å². The van der Waals surface area contributed by atoms with E-state index in [0.29, 0.717) is 0 Å². The molecule has 0 saturated heterocycles. The van der Waals surface area contributed by atoms with Crippen LogP contribution in [0.1, 0.15) is 34.1 Å². The van der Waals surface area contributed by atoms with Crippen molar-refractivity contribution in [3.8, 4) is 0 Å². The first-order chi connectivity index (χ1) is 10.0. The molecular weight excluding hydrogens is 292 g/mol. The number of carbonyl (C=O) groups is 4. The van der Waals surface area contributed by atoms with Gasteiger partial charge in [0.25, 0.3) is 0 Å². The van der Waals surface area contributed by atoms with Gasteiger partial charge in [-0.05, 0) is 13.3 Å². The van der Waals surface area contributed by atoms with Gasteiger partial charge >= 0.3 is 11.9 Å². The van der Waals surface area contributed by atoms with Crippen molar-refractivity contribution >= 4 is 23.8 Å². The third kappa shape index (κ3) is 5.94. The Morgan fingerprint density at radius 3 is 2.05 bits per heavy atom. The minimum atomic E-state index is -1.50. The summed E-state index contributed by atoms with van der Waals surface area (Å²) in [6.45, 7) is 5.39. The van der Waals surface area contributed by atoms with Crippen LogP contribution < -0.4 is 10.6 Å². The molecule has 8 nitrogen and oxygen atoms in total. The Bertz CT molecular complexity index is 488. The van der Waals surface area contributed by atoms with E-state index in [1.165, 1.54) is 32.9 Å².